The summed E-state index contributed by atoms with van der Waals surface area (Å²) in [6, 6.07) is 2.59. The molecule has 3 heterocycles. The minimum atomic E-state index is -4.56. The molecule has 4 radical (unpaired) electrons. The van der Waals surface area contributed by atoms with E-state index in [4.69, 9.17) is 37.6 Å². The van der Waals surface area contributed by atoms with Gasteiger partial charge in [-0.15, -0.1) is 0 Å². The molecule has 3 unspecified atom stereocenters. The number of alkyl halides is 3. The third kappa shape index (κ3) is 7.68. The number of nitrogens with two attached hydrogens (primary N) is 3. The highest BCUT2D eigenvalue weighted by Gasteiger charge is 2.43. The van der Waals surface area contributed by atoms with Crippen molar-refractivity contribution < 1.29 is 17.9 Å². The molecule has 3 atom stereocenters. The van der Waals surface area contributed by atoms with Crippen LogP contribution in [0.4, 0.5) is 13.2 Å². The molecule has 0 bridgehead atoms. The van der Waals surface area contributed by atoms with Crippen LogP contribution in [-0.2, 0) is 10.9 Å². The fraction of sp³-hybridized carbons (Fsp3) is 0.640. The number of fused-ring (bicyclic) bond motifs is 1. The van der Waals surface area contributed by atoms with Gasteiger partial charge in [0.05, 0.1) is 21.5 Å². The Hall–Kier alpha value is -2.13. The van der Waals surface area contributed by atoms with Crippen molar-refractivity contribution in [2.75, 3.05) is 26.3 Å². The van der Waals surface area contributed by atoms with Crippen molar-refractivity contribution in [2.45, 2.75) is 57.5 Å². The fourth-order valence-corrected chi connectivity index (χ4v) is 5.32. The summed E-state index contributed by atoms with van der Waals surface area (Å²) in [4.78, 5) is 5.64. The van der Waals surface area contributed by atoms with Crippen LogP contribution >= 0.6 is 0 Å². The van der Waals surface area contributed by atoms with E-state index in [1.807, 2.05) is 0 Å². The van der Waals surface area contributed by atoms with Gasteiger partial charge >= 0.3 is 6.18 Å². The molecule has 36 heavy (non-hydrogen) atoms. The topological polar surface area (TPSA) is 103 Å². The minimum Gasteiger partial charge on any atom is -0.398 e. The zero-order valence-electron chi connectivity index (χ0n) is 20.0. The SMILES string of the molecule is C.NC(N)=C/C=C(\N)c1cccnc1C(F)(F)F.[B]C([B])(C1CCCOCC1)N1CC2CCCC2C1. The zero-order valence-corrected chi connectivity index (χ0v) is 20.0. The highest BCUT2D eigenvalue weighted by atomic mass is 19.4. The molecule has 1 aromatic rings. The quantitative estimate of drug-likeness (QED) is 0.431. The zero-order chi connectivity index (χ0) is 25.6. The number of hydrogen-bond acceptors (Lipinski definition) is 6. The fourth-order valence-electron chi connectivity index (χ4n) is 5.32. The van der Waals surface area contributed by atoms with Gasteiger partial charge < -0.3 is 26.8 Å². The first-order valence-corrected chi connectivity index (χ1v) is 12.1. The van der Waals surface area contributed by atoms with Gasteiger partial charge in [-0.25, -0.2) is 0 Å². The summed E-state index contributed by atoms with van der Waals surface area (Å²) in [5, 5.41) is -0.613. The van der Waals surface area contributed by atoms with Crippen LogP contribution in [0.2, 0.25) is 0 Å². The molecule has 0 spiro atoms. The van der Waals surface area contributed by atoms with E-state index in [9.17, 15) is 13.2 Å². The van der Waals surface area contributed by atoms with Crippen molar-refractivity contribution in [3.63, 3.8) is 0 Å². The Morgan fingerprint density at radius 3 is 2.28 bits per heavy atom. The number of pyridine rings is 1. The Morgan fingerprint density at radius 2 is 1.67 bits per heavy atom. The molecule has 2 aliphatic heterocycles. The summed E-state index contributed by atoms with van der Waals surface area (Å²) in [5.41, 5.74) is 14.4. The monoisotopic (exact) mass is 503 g/mol. The van der Waals surface area contributed by atoms with Crippen molar-refractivity contribution in [1.29, 1.82) is 0 Å². The Bertz CT molecular complexity index is 886. The highest BCUT2D eigenvalue weighted by molar-refractivity contribution is 6.40. The lowest BCUT2D eigenvalue weighted by Gasteiger charge is -2.44. The molecule has 0 aromatic carbocycles. The number of allylic oxidation sites excluding steroid dienone is 2. The van der Waals surface area contributed by atoms with Crippen LogP contribution in [-0.4, -0.2) is 57.2 Å². The van der Waals surface area contributed by atoms with E-state index in [1.165, 1.54) is 43.5 Å². The second-order valence-electron chi connectivity index (χ2n) is 9.67. The van der Waals surface area contributed by atoms with Crippen LogP contribution in [0.1, 0.15) is 57.2 Å². The van der Waals surface area contributed by atoms with Gasteiger partial charge in [0.1, 0.15) is 0 Å². The molecule has 1 saturated carbocycles. The third-order valence-corrected chi connectivity index (χ3v) is 7.22. The van der Waals surface area contributed by atoms with Gasteiger partial charge in [-0.3, -0.25) is 4.98 Å². The maximum absolute atomic E-state index is 12.6. The van der Waals surface area contributed by atoms with E-state index >= 15 is 0 Å². The normalized spacial score (nSPS) is 25.1. The van der Waals surface area contributed by atoms with E-state index in [1.54, 1.807) is 0 Å². The van der Waals surface area contributed by atoms with E-state index in [0.717, 1.165) is 63.6 Å². The van der Waals surface area contributed by atoms with Crippen molar-refractivity contribution >= 4 is 21.4 Å². The molecule has 2 saturated heterocycles. The van der Waals surface area contributed by atoms with Gasteiger partial charge in [0, 0.05) is 43.8 Å². The number of likely N-dealkylation sites (tertiary alicyclic amines) is 1. The maximum Gasteiger partial charge on any atom is 0.434 e. The van der Waals surface area contributed by atoms with Crippen molar-refractivity contribution in [2.24, 2.45) is 35.0 Å². The maximum atomic E-state index is 12.6. The van der Waals surface area contributed by atoms with E-state index in [2.05, 4.69) is 9.88 Å². The van der Waals surface area contributed by atoms with Crippen LogP contribution in [0, 0.1) is 17.8 Å². The van der Waals surface area contributed by atoms with E-state index < -0.39 is 17.2 Å². The van der Waals surface area contributed by atoms with Gasteiger partial charge in [0.2, 0.25) is 0 Å². The molecular formula is C25H38B2F3N5O. The average Bonchev–Trinajstić information content (AvgIpc) is 3.30. The van der Waals surface area contributed by atoms with E-state index in [0.29, 0.717) is 5.92 Å². The summed E-state index contributed by atoms with van der Waals surface area (Å²) >= 11 is 0. The number of hydrogen-bond donors (Lipinski definition) is 3. The summed E-state index contributed by atoms with van der Waals surface area (Å²) < 4.78 is 43.3. The summed E-state index contributed by atoms with van der Waals surface area (Å²) in [5.74, 6) is 2.06. The van der Waals surface area contributed by atoms with Gasteiger partial charge in [0.15, 0.2) is 5.69 Å². The molecule has 3 aliphatic rings. The largest absolute Gasteiger partial charge is 0.434 e. The third-order valence-electron chi connectivity index (χ3n) is 7.22. The van der Waals surface area contributed by atoms with Crippen molar-refractivity contribution in [3.05, 3.63) is 47.6 Å². The summed E-state index contributed by atoms with van der Waals surface area (Å²) in [6.07, 6.45) is 6.28. The Balaban J connectivity index is 0.000000247. The molecular weight excluding hydrogens is 465 g/mol. The molecule has 3 fully saturated rings. The first kappa shape index (κ1) is 30.1. The second kappa shape index (κ2) is 12.9. The molecule has 4 rings (SSSR count). The first-order chi connectivity index (χ1) is 16.5. The Kier molecular flexibility index (Phi) is 10.8. The van der Waals surface area contributed by atoms with Gasteiger partial charge in [-0.2, -0.15) is 13.2 Å². The van der Waals surface area contributed by atoms with E-state index in [-0.39, 0.29) is 24.5 Å². The Morgan fingerprint density at radius 1 is 1.00 bits per heavy atom. The molecule has 0 amide bonds. The molecule has 6 N–H and O–H groups in total. The first-order valence-electron chi connectivity index (χ1n) is 12.1. The number of ether oxygens (including phenoxy) is 1. The van der Waals surface area contributed by atoms with Gasteiger partial charge in [-0.1, -0.05) is 19.2 Å². The lowest BCUT2D eigenvalue weighted by molar-refractivity contribution is -0.141. The van der Waals surface area contributed by atoms with Crippen LogP contribution in [0.15, 0.2) is 36.3 Å². The number of aromatic nitrogens is 1. The molecule has 1 aliphatic carbocycles. The van der Waals surface area contributed by atoms with Gasteiger partial charge in [-0.05, 0) is 74.1 Å². The van der Waals surface area contributed by atoms with Crippen molar-refractivity contribution in [1.82, 2.24) is 9.88 Å². The van der Waals surface area contributed by atoms with Crippen LogP contribution < -0.4 is 17.2 Å². The smallest absolute Gasteiger partial charge is 0.398 e. The molecule has 1 aromatic heterocycles. The second-order valence-corrected chi connectivity index (χ2v) is 9.67. The molecule has 196 valence electrons. The molecule has 11 heteroatoms. The lowest BCUT2D eigenvalue weighted by Crippen LogP contribution is -2.54. The number of halogens is 3. The van der Waals surface area contributed by atoms with Crippen LogP contribution in [0.25, 0.3) is 5.70 Å². The summed E-state index contributed by atoms with van der Waals surface area (Å²) in [6.45, 7) is 3.93. The average molecular weight is 503 g/mol. The highest BCUT2D eigenvalue weighted by Crippen LogP contribution is 2.41. The van der Waals surface area contributed by atoms with Gasteiger partial charge in [0.25, 0.3) is 0 Å². The molecule has 6 nitrogen and oxygen atoms in total. The minimum absolute atomic E-state index is 0. The number of rotatable bonds is 4. The van der Waals surface area contributed by atoms with Crippen LogP contribution in [0.5, 0.6) is 0 Å². The van der Waals surface area contributed by atoms with Crippen LogP contribution in [0.3, 0.4) is 0 Å². The summed E-state index contributed by atoms with van der Waals surface area (Å²) in [7, 11) is 13.0. The predicted octanol–water partition coefficient (Wildman–Crippen LogP) is 3.32. The van der Waals surface area contributed by atoms with Crippen molar-refractivity contribution in [3.8, 4) is 0 Å². The predicted molar refractivity (Wildman–Crippen MR) is 139 cm³/mol. The standard InChI is InChI=1S/C14H23B2NO.C10H11F3N4.CH4/c15-14(16,13-5-2-7-18-8-6-13)17-9-11-3-1-4-12(11)10-17;11-10(12,13)9-6(2-1-5-17-9)7(14)3-4-8(15)16;/h11-13H,1-10H2;1-5H,14-16H2;1H4/b;7-3-;. The lowest BCUT2D eigenvalue weighted by atomic mass is 9.52. The number of nitrogens with zero attached hydrogens (tertiary/aromatic N) is 2. The Labute approximate surface area is 215 Å².